The van der Waals surface area contributed by atoms with Crippen molar-refractivity contribution in [1.29, 1.82) is 0 Å². The Morgan fingerprint density at radius 3 is 2.50 bits per heavy atom. The summed E-state index contributed by atoms with van der Waals surface area (Å²) in [7, 11) is 3.12. The molecule has 0 unspecified atom stereocenters. The zero-order valence-electron chi connectivity index (χ0n) is 16.0. The highest BCUT2D eigenvalue weighted by atomic mass is 79.9. The molecule has 2 N–H and O–H groups in total. The van der Waals surface area contributed by atoms with Gasteiger partial charge in [-0.15, -0.1) is 0 Å². The molecule has 2 rings (SSSR count). The summed E-state index contributed by atoms with van der Waals surface area (Å²) in [6.45, 7) is 2.74. The number of amides is 1. The van der Waals surface area contributed by atoms with Crippen molar-refractivity contribution in [2.75, 3.05) is 26.1 Å². The molecule has 0 saturated carbocycles. The summed E-state index contributed by atoms with van der Waals surface area (Å²) >= 11 is 8.69. The van der Waals surface area contributed by atoms with Crippen molar-refractivity contribution in [2.45, 2.75) is 19.8 Å². The van der Waals surface area contributed by atoms with Gasteiger partial charge in [0.05, 0.1) is 31.0 Å². The molecular weight excluding hydrogens is 444 g/mol. The van der Waals surface area contributed by atoms with Gasteiger partial charge in [0.2, 0.25) is 0 Å². The Morgan fingerprint density at radius 2 is 1.86 bits per heavy atom. The third-order valence-electron chi connectivity index (χ3n) is 3.83. The first-order valence-electron chi connectivity index (χ1n) is 8.75. The van der Waals surface area contributed by atoms with E-state index in [0.717, 1.165) is 12.8 Å². The molecule has 0 saturated heterocycles. The predicted octanol–water partition coefficient (Wildman–Crippen LogP) is 4.77. The van der Waals surface area contributed by atoms with E-state index >= 15 is 0 Å². The molecule has 6 nitrogen and oxygen atoms in total. The van der Waals surface area contributed by atoms with Crippen molar-refractivity contribution in [2.24, 2.45) is 0 Å². The van der Waals surface area contributed by atoms with Crippen LogP contribution in [0.3, 0.4) is 0 Å². The summed E-state index contributed by atoms with van der Waals surface area (Å²) in [5.74, 6) is 1.58. The number of ether oxygens (including phenoxy) is 3. The molecule has 8 heteroatoms. The minimum absolute atomic E-state index is 0.149. The van der Waals surface area contributed by atoms with E-state index in [2.05, 4.69) is 33.5 Å². The highest BCUT2D eigenvalue weighted by molar-refractivity contribution is 9.10. The first-order chi connectivity index (χ1) is 13.5. The number of anilines is 1. The zero-order valence-corrected chi connectivity index (χ0v) is 18.4. The van der Waals surface area contributed by atoms with Gasteiger partial charge in [0.25, 0.3) is 5.91 Å². The molecule has 0 fully saturated rings. The number of rotatable bonds is 8. The summed E-state index contributed by atoms with van der Waals surface area (Å²) < 4.78 is 16.9. The molecule has 2 aromatic rings. The Labute approximate surface area is 178 Å². The van der Waals surface area contributed by atoms with Crippen molar-refractivity contribution in [3.8, 4) is 17.2 Å². The minimum Gasteiger partial charge on any atom is -0.497 e. The Hall–Kier alpha value is -2.32. The molecule has 28 heavy (non-hydrogen) atoms. The molecule has 0 aliphatic heterocycles. The smallest absolute Gasteiger partial charge is 0.257 e. The lowest BCUT2D eigenvalue weighted by Crippen LogP contribution is -2.34. The number of carbonyl (C=O) groups excluding carboxylic acids is 1. The number of unbranched alkanes of at least 4 members (excludes halogenated alkanes) is 1. The summed E-state index contributed by atoms with van der Waals surface area (Å²) in [6, 6.07) is 10.4. The van der Waals surface area contributed by atoms with Crippen molar-refractivity contribution < 1.29 is 19.0 Å². The molecule has 2 aromatic carbocycles. The summed E-state index contributed by atoms with van der Waals surface area (Å²) in [5.41, 5.74) is 1.05. The zero-order chi connectivity index (χ0) is 20.5. The van der Waals surface area contributed by atoms with Crippen LogP contribution in [0.2, 0.25) is 0 Å². The number of hydrogen-bond acceptors (Lipinski definition) is 5. The van der Waals surface area contributed by atoms with Gasteiger partial charge >= 0.3 is 0 Å². The number of hydrogen-bond donors (Lipinski definition) is 2. The third-order valence-corrected chi connectivity index (χ3v) is 4.66. The lowest BCUT2D eigenvalue weighted by Gasteiger charge is -2.14. The van der Waals surface area contributed by atoms with E-state index in [1.54, 1.807) is 50.6 Å². The first-order valence-corrected chi connectivity index (χ1v) is 9.95. The highest BCUT2D eigenvalue weighted by Crippen LogP contribution is 2.29. The largest absolute Gasteiger partial charge is 0.497 e. The van der Waals surface area contributed by atoms with Crippen LogP contribution in [0, 0.1) is 0 Å². The Morgan fingerprint density at radius 1 is 1.11 bits per heavy atom. The fourth-order valence-corrected chi connectivity index (χ4v) is 3.02. The van der Waals surface area contributed by atoms with Gasteiger partial charge in [-0.1, -0.05) is 13.3 Å². The van der Waals surface area contributed by atoms with Crippen LogP contribution >= 0.6 is 28.1 Å². The topological polar surface area (TPSA) is 68.8 Å². The number of nitrogens with one attached hydrogen (secondary N) is 2. The van der Waals surface area contributed by atoms with Crippen molar-refractivity contribution in [3.05, 3.63) is 46.4 Å². The molecule has 0 heterocycles. The molecule has 0 aliphatic carbocycles. The van der Waals surface area contributed by atoms with Gasteiger partial charge in [-0.05, 0) is 64.9 Å². The van der Waals surface area contributed by atoms with Crippen LogP contribution in [0.25, 0.3) is 0 Å². The standard InChI is InChI=1S/C20H23BrN2O4S/c1-4-5-10-27-17-8-6-13(11-15(17)21)19(24)23-20(28)22-16-12-14(25-2)7-9-18(16)26-3/h6-9,11-12H,4-5,10H2,1-3H3,(H2,22,23,24,28). The molecule has 0 atom stereocenters. The second-order valence-corrected chi connectivity index (χ2v) is 7.08. The van der Waals surface area contributed by atoms with E-state index < -0.39 is 0 Å². The van der Waals surface area contributed by atoms with Crippen LogP contribution in [0.15, 0.2) is 40.9 Å². The molecule has 0 aliphatic rings. The molecular formula is C20H23BrN2O4S. The summed E-state index contributed by atoms with van der Waals surface area (Å²) in [5, 5.41) is 5.76. The average molecular weight is 467 g/mol. The fourth-order valence-electron chi connectivity index (χ4n) is 2.33. The molecule has 0 spiro atoms. The minimum atomic E-state index is -0.333. The molecule has 0 radical (unpaired) electrons. The van der Waals surface area contributed by atoms with Gasteiger partial charge in [0.1, 0.15) is 17.2 Å². The van der Waals surface area contributed by atoms with E-state index in [0.29, 0.717) is 39.6 Å². The SMILES string of the molecule is CCCCOc1ccc(C(=O)NC(=S)Nc2cc(OC)ccc2OC)cc1Br. The normalized spacial score (nSPS) is 10.1. The lowest BCUT2D eigenvalue weighted by atomic mass is 10.2. The first kappa shape index (κ1) is 22.0. The summed E-state index contributed by atoms with van der Waals surface area (Å²) in [4.78, 5) is 12.5. The predicted molar refractivity (Wildman–Crippen MR) is 118 cm³/mol. The van der Waals surface area contributed by atoms with Crippen molar-refractivity contribution in [1.82, 2.24) is 5.32 Å². The maximum absolute atomic E-state index is 12.5. The van der Waals surface area contributed by atoms with Gasteiger partial charge in [0.15, 0.2) is 5.11 Å². The van der Waals surface area contributed by atoms with E-state index in [1.807, 2.05) is 0 Å². The highest BCUT2D eigenvalue weighted by Gasteiger charge is 2.13. The lowest BCUT2D eigenvalue weighted by molar-refractivity contribution is 0.0977. The van der Waals surface area contributed by atoms with Gasteiger partial charge in [-0.25, -0.2) is 0 Å². The van der Waals surface area contributed by atoms with Crippen LogP contribution in [0.1, 0.15) is 30.1 Å². The quantitative estimate of drug-likeness (QED) is 0.431. The van der Waals surface area contributed by atoms with Crippen LogP contribution in [0.5, 0.6) is 17.2 Å². The molecule has 0 aromatic heterocycles. The van der Waals surface area contributed by atoms with Gasteiger partial charge < -0.3 is 19.5 Å². The van der Waals surface area contributed by atoms with Crippen LogP contribution in [-0.4, -0.2) is 31.8 Å². The third kappa shape index (κ3) is 6.10. The van der Waals surface area contributed by atoms with Gasteiger partial charge in [-0.2, -0.15) is 0 Å². The monoisotopic (exact) mass is 466 g/mol. The molecule has 1 amide bonds. The number of carbonyl (C=O) groups is 1. The van der Waals surface area contributed by atoms with Gasteiger partial charge in [-0.3, -0.25) is 10.1 Å². The maximum atomic E-state index is 12.5. The number of thiocarbonyl (C=S) groups is 1. The van der Waals surface area contributed by atoms with E-state index in [4.69, 9.17) is 26.4 Å². The second kappa shape index (κ2) is 10.9. The second-order valence-electron chi connectivity index (χ2n) is 5.82. The molecule has 0 bridgehead atoms. The Kier molecular flexibility index (Phi) is 8.53. The Bertz CT molecular complexity index is 845. The fraction of sp³-hybridized carbons (Fsp3) is 0.300. The van der Waals surface area contributed by atoms with Crippen molar-refractivity contribution >= 4 is 44.9 Å². The van der Waals surface area contributed by atoms with Gasteiger partial charge in [0, 0.05) is 11.6 Å². The van der Waals surface area contributed by atoms with Crippen molar-refractivity contribution in [3.63, 3.8) is 0 Å². The number of halogens is 1. The maximum Gasteiger partial charge on any atom is 0.257 e. The van der Waals surface area contributed by atoms with Crippen LogP contribution < -0.4 is 24.8 Å². The van der Waals surface area contributed by atoms with E-state index in [9.17, 15) is 4.79 Å². The van der Waals surface area contributed by atoms with Crippen LogP contribution in [-0.2, 0) is 0 Å². The average Bonchev–Trinajstić information content (AvgIpc) is 2.69. The van der Waals surface area contributed by atoms with E-state index in [-0.39, 0.29) is 11.0 Å². The summed E-state index contributed by atoms with van der Waals surface area (Å²) in [6.07, 6.45) is 2.03. The van der Waals surface area contributed by atoms with E-state index in [1.165, 1.54) is 0 Å². The Balaban J connectivity index is 2.02. The number of benzene rings is 2. The molecule has 150 valence electrons. The number of methoxy groups -OCH3 is 2. The van der Waals surface area contributed by atoms with Crippen LogP contribution in [0.4, 0.5) is 5.69 Å².